The van der Waals surface area contributed by atoms with E-state index < -0.39 is 24.0 Å². The number of benzene rings is 2. The zero-order valence-corrected chi connectivity index (χ0v) is 18.7. The number of nitrogens with zero attached hydrogens (tertiary/aromatic N) is 1. The van der Waals surface area contributed by atoms with Gasteiger partial charge in [-0.2, -0.15) is 0 Å². The number of rotatable bonds is 8. The number of thiazole rings is 1. The smallest absolute Gasteiger partial charge is 0.407 e. The van der Waals surface area contributed by atoms with Crippen LogP contribution < -0.4 is 10.6 Å². The largest absolute Gasteiger partial charge is 0.481 e. The molecule has 0 radical (unpaired) electrons. The topological polar surface area (TPSA) is 118 Å². The summed E-state index contributed by atoms with van der Waals surface area (Å²) < 4.78 is 5.50. The van der Waals surface area contributed by atoms with Crippen molar-refractivity contribution in [3.05, 3.63) is 75.7 Å². The second-order valence-corrected chi connectivity index (χ2v) is 8.72. The monoisotopic (exact) mass is 465 g/mol. The maximum Gasteiger partial charge on any atom is 0.407 e. The lowest BCUT2D eigenvalue weighted by Gasteiger charge is -2.14. The fraction of sp³-hybridized carbons (Fsp3) is 0.250. The number of carbonyl (C=O) groups is 3. The molecule has 3 N–H and O–H groups in total. The molecule has 0 saturated carbocycles. The number of aromatic nitrogens is 1. The van der Waals surface area contributed by atoms with Gasteiger partial charge in [0.05, 0.1) is 13.0 Å². The SMILES string of the molecule is C[C@H](CC(=O)O)NC(=O)c1csc(CNC(=O)OCC2c3ccccc3-c3ccccc32)n1. The zero-order valence-electron chi connectivity index (χ0n) is 17.9. The molecule has 1 aromatic heterocycles. The molecule has 1 aliphatic rings. The Hall–Kier alpha value is -3.72. The highest BCUT2D eigenvalue weighted by atomic mass is 32.1. The van der Waals surface area contributed by atoms with E-state index in [1.165, 1.54) is 11.3 Å². The molecule has 1 heterocycles. The molecule has 0 aliphatic heterocycles. The first kappa shape index (κ1) is 22.5. The molecule has 4 rings (SSSR count). The number of aliphatic carboxylic acids is 1. The number of hydrogen-bond donors (Lipinski definition) is 3. The van der Waals surface area contributed by atoms with Gasteiger partial charge < -0.3 is 20.5 Å². The maximum atomic E-state index is 12.3. The van der Waals surface area contributed by atoms with E-state index in [2.05, 4.69) is 39.9 Å². The first-order valence-corrected chi connectivity index (χ1v) is 11.4. The first-order chi connectivity index (χ1) is 15.9. The van der Waals surface area contributed by atoms with Gasteiger partial charge in [0, 0.05) is 17.3 Å². The molecule has 0 saturated heterocycles. The van der Waals surface area contributed by atoms with Gasteiger partial charge in [-0.05, 0) is 29.2 Å². The summed E-state index contributed by atoms with van der Waals surface area (Å²) in [6.07, 6.45) is -0.736. The van der Waals surface area contributed by atoms with Crippen molar-refractivity contribution in [1.29, 1.82) is 0 Å². The molecule has 2 amide bonds. The number of ether oxygens (including phenoxy) is 1. The Morgan fingerprint density at radius 1 is 1.09 bits per heavy atom. The van der Waals surface area contributed by atoms with Gasteiger partial charge in [0.25, 0.3) is 5.91 Å². The Kier molecular flexibility index (Phi) is 6.69. The molecule has 0 unspecified atom stereocenters. The summed E-state index contributed by atoms with van der Waals surface area (Å²) in [6, 6.07) is 15.7. The molecule has 9 heteroatoms. The highest BCUT2D eigenvalue weighted by Gasteiger charge is 2.29. The van der Waals surface area contributed by atoms with Gasteiger partial charge in [0.1, 0.15) is 17.3 Å². The van der Waals surface area contributed by atoms with Crippen molar-refractivity contribution in [2.75, 3.05) is 6.61 Å². The van der Waals surface area contributed by atoms with Gasteiger partial charge in [-0.3, -0.25) is 9.59 Å². The van der Waals surface area contributed by atoms with Gasteiger partial charge >= 0.3 is 12.1 Å². The predicted molar refractivity (Wildman–Crippen MR) is 123 cm³/mol. The Morgan fingerprint density at radius 3 is 2.36 bits per heavy atom. The van der Waals surface area contributed by atoms with Crippen molar-refractivity contribution in [1.82, 2.24) is 15.6 Å². The van der Waals surface area contributed by atoms with Crippen LogP contribution in [0.5, 0.6) is 0 Å². The van der Waals surface area contributed by atoms with Crippen LogP contribution in [0.15, 0.2) is 53.9 Å². The predicted octanol–water partition coefficient (Wildman–Crippen LogP) is 3.77. The van der Waals surface area contributed by atoms with E-state index in [4.69, 9.17) is 9.84 Å². The molecular weight excluding hydrogens is 442 g/mol. The number of amides is 2. The second kappa shape index (κ2) is 9.83. The van der Waals surface area contributed by atoms with Gasteiger partial charge in [-0.25, -0.2) is 9.78 Å². The summed E-state index contributed by atoms with van der Waals surface area (Å²) in [5.41, 5.74) is 4.78. The van der Waals surface area contributed by atoms with Crippen molar-refractivity contribution >= 4 is 29.3 Å². The van der Waals surface area contributed by atoms with Crippen LogP contribution in [-0.2, 0) is 16.1 Å². The summed E-state index contributed by atoms with van der Waals surface area (Å²) in [5.74, 6) is -1.47. The second-order valence-electron chi connectivity index (χ2n) is 7.78. The van der Waals surface area contributed by atoms with E-state index in [0.29, 0.717) is 5.01 Å². The third kappa shape index (κ3) is 5.20. The minimum atomic E-state index is -0.992. The summed E-state index contributed by atoms with van der Waals surface area (Å²) in [5, 5.41) is 16.1. The minimum Gasteiger partial charge on any atom is -0.481 e. The number of carbonyl (C=O) groups excluding carboxylic acids is 2. The quantitative estimate of drug-likeness (QED) is 0.466. The van der Waals surface area contributed by atoms with E-state index in [-0.39, 0.29) is 31.2 Å². The lowest BCUT2D eigenvalue weighted by atomic mass is 9.98. The van der Waals surface area contributed by atoms with Crippen molar-refractivity contribution < 1.29 is 24.2 Å². The molecule has 0 bridgehead atoms. The zero-order chi connectivity index (χ0) is 23.4. The molecule has 0 fully saturated rings. The average Bonchev–Trinajstić information content (AvgIpc) is 3.39. The van der Waals surface area contributed by atoms with Crippen LogP contribution >= 0.6 is 11.3 Å². The Bertz CT molecular complexity index is 1150. The Morgan fingerprint density at radius 2 is 1.73 bits per heavy atom. The number of hydrogen-bond acceptors (Lipinski definition) is 6. The molecule has 0 spiro atoms. The van der Waals surface area contributed by atoms with Crippen LogP contribution in [0.1, 0.15) is 45.9 Å². The van der Waals surface area contributed by atoms with Crippen LogP contribution in [0.2, 0.25) is 0 Å². The number of nitrogens with one attached hydrogen (secondary N) is 2. The third-order valence-corrected chi connectivity index (χ3v) is 6.22. The van der Waals surface area contributed by atoms with Gasteiger partial charge in [0.15, 0.2) is 0 Å². The Balaban J connectivity index is 1.30. The Labute approximate surface area is 194 Å². The molecular formula is C24H23N3O5S. The van der Waals surface area contributed by atoms with Crippen molar-refractivity contribution in [2.45, 2.75) is 31.8 Å². The molecule has 1 aliphatic carbocycles. The van der Waals surface area contributed by atoms with Crippen molar-refractivity contribution in [3.63, 3.8) is 0 Å². The van der Waals surface area contributed by atoms with Gasteiger partial charge in [-0.15, -0.1) is 11.3 Å². The summed E-state index contributed by atoms with van der Waals surface area (Å²) in [6.45, 7) is 1.95. The molecule has 1 atom stereocenters. The van der Waals surface area contributed by atoms with E-state index >= 15 is 0 Å². The third-order valence-electron chi connectivity index (χ3n) is 5.37. The van der Waals surface area contributed by atoms with E-state index in [1.54, 1.807) is 12.3 Å². The molecule has 170 valence electrons. The number of carboxylic acid groups (broad SMARTS) is 1. The molecule has 8 nitrogen and oxygen atoms in total. The fourth-order valence-electron chi connectivity index (χ4n) is 3.90. The van der Waals surface area contributed by atoms with Crippen LogP contribution in [0.3, 0.4) is 0 Å². The van der Waals surface area contributed by atoms with Crippen LogP contribution in [0.25, 0.3) is 11.1 Å². The summed E-state index contributed by atoms with van der Waals surface area (Å²) >= 11 is 1.23. The van der Waals surface area contributed by atoms with E-state index in [1.807, 2.05) is 24.3 Å². The van der Waals surface area contributed by atoms with Crippen molar-refractivity contribution in [3.8, 4) is 11.1 Å². The van der Waals surface area contributed by atoms with E-state index in [9.17, 15) is 14.4 Å². The lowest BCUT2D eigenvalue weighted by Crippen LogP contribution is -2.34. The summed E-state index contributed by atoms with van der Waals surface area (Å²) in [7, 11) is 0. The van der Waals surface area contributed by atoms with Crippen LogP contribution in [0, 0.1) is 0 Å². The van der Waals surface area contributed by atoms with Crippen LogP contribution in [-0.4, -0.2) is 40.7 Å². The summed E-state index contributed by atoms with van der Waals surface area (Å²) in [4.78, 5) is 39.4. The highest BCUT2D eigenvalue weighted by molar-refractivity contribution is 7.09. The van der Waals surface area contributed by atoms with Crippen molar-refractivity contribution in [2.24, 2.45) is 0 Å². The molecule has 2 aromatic carbocycles. The molecule has 3 aromatic rings. The average molecular weight is 466 g/mol. The number of alkyl carbamates (subject to hydrolysis) is 1. The lowest BCUT2D eigenvalue weighted by molar-refractivity contribution is -0.137. The van der Waals surface area contributed by atoms with Crippen LogP contribution in [0.4, 0.5) is 4.79 Å². The van der Waals surface area contributed by atoms with Gasteiger partial charge in [0.2, 0.25) is 0 Å². The normalized spacial score (nSPS) is 13.0. The number of fused-ring (bicyclic) bond motifs is 3. The fourth-order valence-corrected chi connectivity index (χ4v) is 4.62. The maximum absolute atomic E-state index is 12.3. The van der Waals surface area contributed by atoms with Gasteiger partial charge in [-0.1, -0.05) is 48.5 Å². The van der Waals surface area contributed by atoms with E-state index in [0.717, 1.165) is 22.3 Å². The standard InChI is InChI=1S/C24H23N3O5S/c1-14(10-22(28)29)26-23(30)20-13-33-21(27-20)11-25-24(31)32-12-19-17-8-4-2-6-15(17)16-7-3-5-9-18(16)19/h2-9,13-14,19H,10-12H2,1H3,(H,25,31)(H,26,30)(H,28,29)/t14-/m1/s1. The first-order valence-electron chi connectivity index (χ1n) is 10.5. The molecule has 33 heavy (non-hydrogen) atoms. The minimum absolute atomic E-state index is 0.0221. The number of carboxylic acids is 1. The highest BCUT2D eigenvalue weighted by Crippen LogP contribution is 2.44.